The average Bonchev–Trinajstić information content (AvgIpc) is 2.60. The minimum atomic E-state index is -1.08. The number of aliphatic carboxylic acids is 1. The number of hydrogen-bond acceptors (Lipinski definition) is 3. The molecule has 0 amide bonds. The van der Waals surface area contributed by atoms with Crippen LogP contribution in [0, 0.1) is 6.92 Å². The van der Waals surface area contributed by atoms with Crippen LogP contribution in [0.1, 0.15) is 44.7 Å². The average molecular weight is 404 g/mol. The molecule has 2 aromatic carbocycles. The van der Waals surface area contributed by atoms with Crippen LogP contribution in [0.3, 0.4) is 0 Å². The summed E-state index contributed by atoms with van der Waals surface area (Å²) < 4.78 is 5.21. The van der Waals surface area contributed by atoms with Crippen LogP contribution in [0.2, 0.25) is 0 Å². The van der Waals surface area contributed by atoms with Gasteiger partial charge < -0.3 is 9.84 Å². The third kappa shape index (κ3) is 8.57. The van der Waals surface area contributed by atoms with Crippen molar-refractivity contribution in [2.24, 2.45) is 0 Å². The van der Waals surface area contributed by atoms with E-state index in [1.54, 1.807) is 26.8 Å². The molecule has 0 bridgehead atoms. The second kappa shape index (κ2) is 11.3. The molecule has 150 valence electrons. The number of benzene rings is 2. The molecule has 0 spiro atoms. The summed E-state index contributed by atoms with van der Waals surface area (Å²) in [7, 11) is 0. The molecule has 1 N–H and O–H groups in total. The first kappa shape index (κ1) is 25.2. The van der Waals surface area contributed by atoms with Crippen LogP contribution in [-0.4, -0.2) is 52.2 Å². The normalized spacial score (nSPS) is 11.5. The van der Waals surface area contributed by atoms with Crippen molar-refractivity contribution in [3.05, 3.63) is 71.3 Å². The van der Waals surface area contributed by atoms with Crippen molar-refractivity contribution >= 4 is 41.5 Å². The third-order valence-electron chi connectivity index (χ3n) is 4.23. The van der Waals surface area contributed by atoms with Gasteiger partial charge in [0.15, 0.2) is 0 Å². The first-order chi connectivity index (χ1) is 13.2. The number of carbonyl (C=O) groups excluding carboxylic acids is 1. The van der Waals surface area contributed by atoms with E-state index in [0.29, 0.717) is 12.8 Å². The van der Waals surface area contributed by atoms with Crippen LogP contribution in [0.25, 0.3) is 11.1 Å². The molecule has 2 aromatic rings. The van der Waals surface area contributed by atoms with Gasteiger partial charge in [-0.1, -0.05) is 54.6 Å². The molecule has 0 saturated heterocycles. The zero-order chi connectivity index (χ0) is 20.7. The second-order valence-corrected chi connectivity index (χ2v) is 7.85. The van der Waals surface area contributed by atoms with Gasteiger partial charge in [-0.25, -0.2) is 4.79 Å². The zero-order valence-corrected chi connectivity index (χ0v) is 17.0. The number of carboxylic acids is 1. The Hall–Kier alpha value is -1.88. The van der Waals surface area contributed by atoms with Crippen LogP contribution < -0.4 is 0 Å². The molecule has 0 saturated carbocycles. The molecule has 29 heavy (non-hydrogen) atoms. The first-order valence-corrected chi connectivity index (χ1v) is 9.45. The summed E-state index contributed by atoms with van der Waals surface area (Å²) in [5.74, 6) is -1.61. The number of aryl methyl sites for hydroxylation is 2. The van der Waals surface area contributed by atoms with E-state index >= 15 is 0 Å². The SMILES string of the molecule is Cc1cc(CCC=C(CC(=O)OC(C)(C)C)C(=O)O)ccc1-c1ccccc1.[NaH]. The van der Waals surface area contributed by atoms with Crippen molar-refractivity contribution in [3.8, 4) is 11.1 Å². The summed E-state index contributed by atoms with van der Waals surface area (Å²) in [5, 5.41) is 9.35. The number of carbonyl (C=O) groups is 2. The second-order valence-electron chi connectivity index (χ2n) is 7.85. The Kier molecular flexibility index (Phi) is 9.84. The van der Waals surface area contributed by atoms with Gasteiger partial charge in [-0.05, 0) is 62.8 Å². The molecule has 0 atom stereocenters. The first-order valence-electron chi connectivity index (χ1n) is 9.45. The fraction of sp³-hybridized carbons (Fsp3) is 0.333. The van der Waals surface area contributed by atoms with E-state index in [-0.39, 0.29) is 41.6 Å². The molecule has 0 aliphatic rings. The quantitative estimate of drug-likeness (QED) is 0.413. The van der Waals surface area contributed by atoms with Gasteiger partial charge in [0.2, 0.25) is 0 Å². The van der Waals surface area contributed by atoms with E-state index in [4.69, 9.17) is 4.74 Å². The molecule has 0 unspecified atom stereocenters. The molecule has 4 nitrogen and oxygen atoms in total. The van der Waals surface area contributed by atoms with Gasteiger partial charge >= 0.3 is 41.5 Å². The van der Waals surface area contributed by atoms with E-state index in [1.165, 1.54) is 16.7 Å². The summed E-state index contributed by atoms with van der Waals surface area (Å²) in [6.45, 7) is 7.36. The van der Waals surface area contributed by atoms with Crippen molar-refractivity contribution in [2.75, 3.05) is 0 Å². The fourth-order valence-corrected chi connectivity index (χ4v) is 3.00. The monoisotopic (exact) mass is 404 g/mol. The summed E-state index contributed by atoms with van der Waals surface area (Å²) in [6.07, 6.45) is 2.65. The summed E-state index contributed by atoms with van der Waals surface area (Å²) in [6, 6.07) is 16.5. The van der Waals surface area contributed by atoms with Crippen molar-refractivity contribution < 1.29 is 19.4 Å². The van der Waals surface area contributed by atoms with Crippen LogP contribution in [0.5, 0.6) is 0 Å². The zero-order valence-electron chi connectivity index (χ0n) is 17.0. The van der Waals surface area contributed by atoms with Gasteiger partial charge in [-0.15, -0.1) is 0 Å². The van der Waals surface area contributed by atoms with Gasteiger partial charge in [0.05, 0.1) is 6.42 Å². The van der Waals surface area contributed by atoms with E-state index in [9.17, 15) is 14.7 Å². The molecule has 0 radical (unpaired) electrons. The molecule has 5 heteroatoms. The topological polar surface area (TPSA) is 63.6 Å². The summed E-state index contributed by atoms with van der Waals surface area (Å²) in [4.78, 5) is 23.3. The summed E-state index contributed by atoms with van der Waals surface area (Å²) in [5.41, 5.74) is 4.13. The number of esters is 1. The number of allylic oxidation sites excluding steroid dienone is 1. The maximum absolute atomic E-state index is 11.9. The molecule has 2 rings (SSSR count). The van der Waals surface area contributed by atoms with Gasteiger partial charge in [-0.3, -0.25) is 4.79 Å². The third-order valence-corrected chi connectivity index (χ3v) is 4.23. The molecule has 0 aliphatic heterocycles. The molecule has 0 aliphatic carbocycles. The molecule has 0 heterocycles. The molecule has 0 fully saturated rings. The predicted octanol–water partition coefficient (Wildman–Crippen LogP) is 4.69. The van der Waals surface area contributed by atoms with E-state index < -0.39 is 17.5 Å². The van der Waals surface area contributed by atoms with Crippen molar-refractivity contribution in [3.63, 3.8) is 0 Å². The summed E-state index contributed by atoms with van der Waals surface area (Å²) >= 11 is 0. The molecular formula is C24H29NaO4. The Bertz CT molecular complexity index is 864. The fourth-order valence-electron chi connectivity index (χ4n) is 3.00. The van der Waals surface area contributed by atoms with Crippen molar-refractivity contribution in [1.82, 2.24) is 0 Å². The number of hydrogen-bond donors (Lipinski definition) is 1. The molecule has 0 aromatic heterocycles. The van der Waals surface area contributed by atoms with Gasteiger partial charge in [0.1, 0.15) is 5.60 Å². The number of rotatable bonds is 7. The minimum absolute atomic E-state index is 0. The van der Waals surface area contributed by atoms with Crippen LogP contribution in [0.15, 0.2) is 60.2 Å². The number of ether oxygens (including phenoxy) is 1. The Balaban J connectivity index is 0.00000420. The van der Waals surface area contributed by atoms with Crippen LogP contribution >= 0.6 is 0 Å². The Morgan fingerprint density at radius 3 is 2.28 bits per heavy atom. The van der Waals surface area contributed by atoms with Gasteiger partial charge in [0, 0.05) is 5.57 Å². The number of carboxylic acid groups (broad SMARTS) is 1. The maximum atomic E-state index is 11.9. The van der Waals surface area contributed by atoms with Gasteiger partial charge in [-0.2, -0.15) is 0 Å². The Labute approximate surface area is 195 Å². The van der Waals surface area contributed by atoms with E-state index in [0.717, 1.165) is 5.56 Å². The standard InChI is InChI=1S/C24H28O4.Na.H/c1-17-15-18(13-14-21(17)19-10-6-5-7-11-19)9-8-12-20(23(26)27)16-22(25)28-24(2,3)4;;/h5-7,10-15H,8-9,16H2,1-4H3,(H,26,27);;. The Morgan fingerprint density at radius 2 is 1.72 bits per heavy atom. The van der Waals surface area contributed by atoms with E-state index in [2.05, 4.69) is 37.3 Å². The van der Waals surface area contributed by atoms with E-state index in [1.807, 2.05) is 18.2 Å². The van der Waals surface area contributed by atoms with Crippen LogP contribution in [0.4, 0.5) is 0 Å². The van der Waals surface area contributed by atoms with Crippen LogP contribution in [-0.2, 0) is 20.7 Å². The molecular weight excluding hydrogens is 375 g/mol. The van der Waals surface area contributed by atoms with Crippen molar-refractivity contribution in [2.45, 2.75) is 52.6 Å². The van der Waals surface area contributed by atoms with Crippen molar-refractivity contribution in [1.29, 1.82) is 0 Å². The Morgan fingerprint density at radius 1 is 1.07 bits per heavy atom. The van der Waals surface area contributed by atoms with Gasteiger partial charge in [0.25, 0.3) is 0 Å². The predicted molar refractivity (Wildman–Crippen MR) is 118 cm³/mol.